The van der Waals surface area contributed by atoms with Crippen molar-refractivity contribution >= 4 is 17.7 Å². The van der Waals surface area contributed by atoms with Crippen LogP contribution in [0.15, 0.2) is 0 Å². The first-order chi connectivity index (χ1) is 9.56. The highest BCUT2D eigenvalue weighted by Gasteiger charge is 2.01. The number of carboxylic acids is 1. The second-order valence-electron chi connectivity index (χ2n) is 5.19. The molecule has 0 saturated carbocycles. The van der Waals surface area contributed by atoms with Crippen molar-refractivity contribution in [2.45, 2.75) is 84.2 Å². The summed E-state index contributed by atoms with van der Waals surface area (Å²) in [5.74, 6) is 0.172. The van der Waals surface area contributed by atoms with Crippen molar-refractivity contribution in [1.29, 1.82) is 0 Å². The van der Waals surface area contributed by atoms with Crippen LogP contribution in [-0.2, 0) is 4.79 Å². The Kier molecular flexibility index (Phi) is 20.7. The molecule has 122 valence electrons. The average molecular weight is 307 g/mol. The van der Waals surface area contributed by atoms with Gasteiger partial charge in [-0.25, -0.2) is 4.79 Å². The third-order valence-electron chi connectivity index (χ3n) is 3.06. The van der Waals surface area contributed by atoms with Crippen molar-refractivity contribution in [3.63, 3.8) is 0 Å². The van der Waals surface area contributed by atoms with Gasteiger partial charge < -0.3 is 10.2 Å². The molecule has 0 spiro atoms. The van der Waals surface area contributed by atoms with Crippen LogP contribution in [0.3, 0.4) is 0 Å². The maximum absolute atomic E-state index is 9.45. The fourth-order valence-electron chi connectivity index (χ4n) is 1.73. The molecular weight excluding hydrogens is 272 g/mol. The molecule has 0 aliphatic rings. The smallest absolute Gasteiger partial charge is 0.332 e. The average Bonchev–Trinajstić information content (AvgIpc) is 2.41. The molecule has 0 bridgehead atoms. The van der Waals surface area contributed by atoms with Gasteiger partial charge in [-0.05, 0) is 25.4 Å². The lowest BCUT2D eigenvalue weighted by Crippen LogP contribution is -2.13. The first-order valence-corrected chi connectivity index (χ1v) is 9.35. The van der Waals surface area contributed by atoms with Crippen molar-refractivity contribution in [1.82, 2.24) is 0 Å². The van der Waals surface area contributed by atoms with Crippen molar-refractivity contribution in [2.24, 2.45) is 0 Å². The SMILES string of the molecule is CC(O)C(=O)O.CCCCCCCCCCCCSC. The largest absolute Gasteiger partial charge is 0.479 e. The Bertz CT molecular complexity index is 184. The maximum Gasteiger partial charge on any atom is 0.332 e. The van der Waals surface area contributed by atoms with E-state index in [9.17, 15) is 4.79 Å². The highest BCUT2D eigenvalue weighted by Crippen LogP contribution is 2.11. The number of hydrogen-bond donors (Lipinski definition) is 2. The number of hydrogen-bond acceptors (Lipinski definition) is 3. The maximum atomic E-state index is 9.45. The van der Waals surface area contributed by atoms with Crippen molar-refractivity contribution in [2.75, 3.05) is 12.0 Å². The topological polar surface area (TPSA) is 57.5 Å². The quantitative estimate of drug-likeness (QED) is 0.512. The molecule has 1 unspecified atom stereocenters. The van der Waals surface area contributed by atoms with E-state index in [-0.39, 0.29) is 0 Å². The highest BCUT2D eigenvalue weighted by atomic mass is 32.2. The van der Waals surface area contributed by atoms with E-state index in [1.807, 2.05) is 11.8 Å². The number of unbranched alkanes of at least 4 members (excludes halogenated alkanes) is 9. The van der Waals surface area contributed by atoms with Gasteiger partial charge in [-0.15, -0.1) is 0 Å². The number of aliphatic hydroxyl groups is 1. The predicted octanol–water partition coefficient (Wildman–Crippen LogP) is 4.72. The molecule has 4 heteroatoms. The summed E-state index contributed by atoms with van der Waals surface area (Å²) in [4.78, 5) is 9.45. The fraction of sp³-hybridized carbons (Fsp3) is 0.938. The second kappa shape index (κ2) is 18.8. The van der Waals surface area contributed by atoms with Crippen LogP contribution in [0, 0.1) is 0 Å². The zero-order chi connectivity index (χ0) is 15.6. The molecule has 0 aliphatic carbocycles. The molecule has 0 aromatic carbocycles. The molecule has 2 N–H and O–H groups in total. The summed E-state index contributed by atoms with van der Waals surface area (Å²) in [7, 11) is 0. The van der Waals surface area contributed by atoms with Crippen molar-refractivity contribution in [3.8, 4) is 0 Å². The van der Waals surface area contributed by atoms with Crippen LogP contribution in [0.5, 0.6) is 0 Å². The normalized spacial score (nSPS) is 11.6. The van der Waals surface area contributed by atoms with Gasteiger partial charge in [0.2, 0.25) is 0 Å². The van der Waals surface area contributed by atoms with Gasteiger partial charge in [-0.1, -0.05) is 64.7 Å². The first-order valence-electron chi connectivity index (χ1n) is 7.96. The molecule has 3 nitrogen and oxygen atoms in total. The van der Waals surface area contributed by atoms with Gasteiger partial charge in [0.05, 0.1) is 0 Å². The van der Waals surface area contributed by atoms with Crippen LogP contribution in [0.1, 0.15) is 78.1 Å². The lowest BCUT2D eigenvalue weighted by Gasteiger charge is -2.01. The molecule has 0 aromatic rings. The van der Waals surface area contributed by atoms with Crippen LogP contribution < -0.4 is 0 Å². The Morgan fingerprint density at radius 3 is 1.60 bits per heavy atom. The molecule has 0 aromatic heterocycles. The molecule has 1 atom stereocenters. The number of carbonyl (C=O) groups is 1. The van der Waals surface area contributed by atoms with Gasteiger partial charge in [0, 0.05) is 0 Å². The van der Waals surface area contributed by atoms with E-state index < -0.39 is 12.1 Å². The monoisotopic (exact) mass is 306 g/mol. The molecule has 0 fully saturated rings. The lowest BCUT2D eigenvalue weighted by molar-refractivity contribution is -0.145. The summed E-state index contributed by atoms with van der Waals surface area (Å²) in [6.45, 7) is 3.48. The Hall–Kier alpha value is -0.220. The van der Waals surface area contributed by atoms with Gasteiger partial charge in [-0.3, -0.25) is 0 Å². The van der Waals surface area contributed by atoms with E-state index in [1.165, 1.54) is 76.9 Å². The van der Waals surface area contributed by atoms with E-state index in [1.54, 1.807) is 0 Å². The summed E-state index contributed by atoms with van der Waals surface area (Å²) in [5.41, 5.74) is 0. The zero-order valence-electron chi connectivity index (χ0n) is 13.6. The Labute approximate surface area is 129 Å². The molecule has 0 saturated heterocycles. The van der Waals surface area contributed by atoms with Crippen LogP contribution >= 0.6 is 11.8 Å². The van der Waals surface area contributed by atoms with Gasteiger partial charge in [0.15, 0.2) is 0 Å². The Morgan fingerprint density at radius 1 is 0.950 bits per heavy atom. The van der Waals surface area contributed by atoms with Crippen molar-refractivity contribution in [3.05, 3.63) is 0 Å². The summed E-state index contributed by atoms with van der Waals surface area (Å²) < 4.78 is 0. The number of aliphatic hydroxyl groups excluding tert-OH is 1. The van der Waals surface area contributed by atoms with Crippen LogP contribution in [0.4, 0.5) is 0 Å². The molecular formula is C16H34O3S. The van der Waals surface area contributed by atoms with E-state index in [2.05, 4.69) is 13.2 Å². The van der Waals surface area contributed by atoms with Gasteiger partial charge in [0.25, 0.3) is 0 Å². The van der Waals surface area contributed by atoms with Crippen molar-refractivity contribution < 1.29 is 15.0 Å². The fourth-order valence-corrected chi connectivity index (χ4v) is 2.23. The van der Waals surface area contributed by atoms with Gasteiger partial charge in [-0.2, -0.15) is 11.8 Å². The number of aliphatic carboxylic acids is 1. The third kappa shape index (κ3) is 22.9. The van der Waals surface area contributed by atoms with Crippen LogP contribution in [-0.4, -0.2) is 34.3 Å². The zero-order valence-corrected chi connectivity index (χ0v) is 14.4. The van der Waals surface area contributed by atoms with Crippen LogP contribution in [0.2, 0.25) is 0 Å². The summed E-state index contributed by atoms with van der Waals surface area (Å²) in [5, 5.41) is 15.8. The van der Waals surface area contributed by atoms with E-state index in [4.69, 9.17) is 10.2 Å². The number of carboxylic acid groups (broad SMARTS) is 1. The molecule has 20 heavy (non-hydrogen) atoms. The van der Waals surface area contributed by atoms with E-state index in [0.717, 1.165) is 0 Å². The third-order valence-corrected chi connectivity index (χ3v) is 3.76. The predicted molar refractivity (Wildman–Crippen MR) is 89.5 cm³/mol. The summed E-state index contributed by atoms with van der Waals surface area (Å²) in [6.07, 6.45) is 15.5. The van der Waals surface area contributed by atoms with E-state index >= 15 is 0 Å². The summed E-state index contributed by atoms with van der Waals surface area (Å²) >= 11 is 1.98. The standard InChI is InChI=1S/C13H28S.C3H6O3/c1-3-4-5-6-7-8-9-10-11-12-13-14-2;1-2(4)3(5)6/h3-13H2,1-2H3;2,4H,1H3,(H,5,6). The molecule has 0 amide bonds. The minimum absolute atomic E-state index is 1.19. The highest BCUT2D eigenvalue weighted by molar-refractivity contribution is 7.98. The van der Waals surface area contributed by atoms with Gasteiger partial charge >= 0.3 is 5.97 Å². The number of rotatable bonds is 12. The minimum Gasteiger partial charge on any atom is -0.479 e. The van der Waals surface area contributed by atoms with E-state index in [0.29, 0.717) is 0 Å². The molecule has 0 radical (unpaired) electrons. The number of thioether (sulfide) groups is 1. The Morgan fingerprint density at radius 2 is 1.30 bits per heavy atom. The molecule has 0 aliphatic heterocycles. The molecule has 0 heterocycles. The minimum atomic E-state index is -1.23. The lowest BCUT2D eigenvalue weighted by atomic mass is 10.1. The molecule has 0 rings (SSSR count). The Balaban J connectivity index is 0. The second-order valence-corrected chi connectivity index (χ2v) is 6.17. The first kappa shape index (κ1) is 22.1. The summed E-state index contributed by atoms with van der Waals surface area (Å²) in [6, 6.07) is 0. The van der Waals surface area contributed by atoms with Gasteiger partial charge in [0.1, 0.15) is 6.10 Å². The van der Waals surface area contributed by atoms with Crippen LogP contribution in [0.25, 0.3) is 0 Å².